The molecule has 1 fully saturated rings. The van der Waals surface area contributed by atoms with Gasteiger partial charge in [0.25, 0.3) is 0 Å². The molecule has 0 bridgehead atoms. The van der Waals surface area contributed by atoms with Gasteiger partial charge in [-0.3, -0.25) is 0 Å². The second-order valence-corrected chi connectivity index (χ2v) is 3.97. The fourth-order valence-electron chi connectivity index (χ4n) is 1.70. The molecule has 0 spiro atoms. The summed E-state index contributed by atoms with van der Waals surface area (Å²) in [5, 5.41) is 8.89. The second kappa shape index (κ2) is 4.42. The third kappa shape index (κ3) is 2.21. The van der Waals surface area contributed by atoms with Gasteiger partial charge < -0.3 is 10.5 Å². The predicted octanol–water partition coefficient (Wildman–Crippen LogP) is 1.59. The molecule has 2 N–H and O–H groups in total. The van der Waals surface area contributed by atoms with Crippen molar-refractivity contribution in [2.75, 3.05) is 12.3 Å². The minimum atomic E-state index is -0.467. The van der Waals surface area contributed by atoms with E-state index in [1.165, 1.54) is 0 Å². The number of pyridine rings is 1. The van der Waals surface area contributed by atoms with Gasteiger partial charge in [0, 0.05) is 0 Å². The number of carbonyl (C=O) groups is 1. The third-order valence-electron chi connectivity index (χ3n) is 2.69. The number of nitrogens with two attached hydrogens (primary N) is 1. The van der Waals surface area contributed by atoms with Crippen LogP contribution in [0.3, 0.4) is 0 Å². The molecule has 2 rings (SSSR count). The Morgan fingerprint density at radius 2 is 2.41 bits per heavy atom. The fraction of sp³-hybridized carbons (Fsp3) is 0.417. The first-order chi connectivity index (χ1) is 8.17. The molecule has 0 radical (unpaired) electrons. The van der Waals surface area contributed by atoms with Crippen LogP contribution >= 0.6 is 0 Å². The number of carbonyl (C=O) groups excluding carboxylic acids is 1. The minimum absolute atomic E-state index is 0.0833. The van der Waals surface area contributed by atoms with E-state index in [-0.39, 0.29) is 11.5 Å². The van der Waals surface area contributed by atoms with Crippen molar-refractivity contribution < 1.29 is 9.53 Å². The van der Waals surface area contributed by atoms with E-state index in [1.54, 1.807) is 13.0 Å². The molecule has 1 aliphatic rings. The standard InChI is InChI=1S/C12H13N3O2/c1-2-17-12(16)10-9(7-3-4-7)5-8(6-13)11(14)15-10/h5,7H,2-4H2,1H3,(H2,14,15). The number of aromatic nitrogens is 1. The zero-order valence-corrected chi connectivity index (χ0v) is 9.56. The summed E-state index contributed by atoms with van der Waals surface area (Å²) in [6, 6.07) is 3.64. The highest BCUT2D eigenvalue weighted by Crippen LogP contribution is 2.42. The predicted molar refractivity (Wildman–Crippen MR) is 61.3 cm³/mol. The number of ether oxygens (including phenoxy) is 1. The Balaban J connectivity index is 2.46. The molecule has 1 heterocycles. The molecule has 5 heteroatoms. The lowest BCUT2D eigenvalue weighted by Gasteiger charge is -2.09. The summed E-state index contributed by atoms with van der Waals surface area (Å²) in [7, 11) is 0. The molecule has 0 unspecified atom stereocenters. The largest absolute Gasteiger partial charge is 0.461 e. The molecule has 1 aromatic heterocycles. The summed E-state index contributed by atoms with van der Waals surface area (Å²) in [6.45, 7) is 2.03. The molecule has 17 heavy (non-hydrogen) atoms. The molecule has 0 amide bonds. The molecule has 0 aromatic carbocycles. The van der Waals surface area contributed by atoms with E-state index in [0.29, 0.717) is 18.1 Å². The molecular weight excluding hydrogens is 218 g/mol. The normalized spacial score (nSPS) is 14.1. The Labute approximate surface area is 99.2 Å². The number of hydrogen-bond acceptors (Lipinski definition) is 5. The Morgan fingerprint density at radius 3 is 2.94 bits per heavy atom. The Morgan fingerprint density at radius 1 is 1.71 bits per heavy atom. The van der Waals surface area contributed by atoms with E-state index in [0.717, 1.165) is 18.4 Å². The maximum absolute atomic E-state index is 11.7. The van der Waals surface area contributed by atoms with E-state index >= 15 is 0 Å². The zero-order chi connectivity index (χ0) is 12.4. The van der Waals surface area contributed by atoms with Crippen LogP contribution in [0.5, 0.6) is 0 Å². The lowest BCUT2D eigenvalue weighted by molar-refractivity contribution is 0.0518. The van der Waals surface area contributed by atoms with E-state index in [9.17, 15) is 4.79 Å². The average Bonchev–Trinajstić information content (AvgIpc) is 3.13. The van der Waals surface area contributed by atoms with Gasteiger partial charge in [-0.15, -0.1) is 0 Å². The van der Waals surface area contributed by atoms with Crippen LogP contribution in [0.15, 0.2) is 6.07 Å². The number of esters is 1. The van der Waals surface area contributed by atoms with Crippen LogP contribution in [0.4, 0.5) is 5.82 Å². The quantitative estimate of drug-likeness (QED) is 0.798. The molecule has 0 saturated heterocycles. The summed E-state index contributed by atoms with van der Waals surface area (Å²) in [4.78, 5) is 15.7. The highest BCUT2D eigenvalue weighted by molar-refractivity contribution is 5.90. The number of nitriles is 1. The first-order valence-corrected chi connectivity index (χ1v) is 5.55. The van der Waals surface area contributed by atoms with Crippen molar-refractivity contribution in [3.8, 4) is 6.07 Å². The smallest absolute Gasteiger partial charge is 0.357 e. The number of anilines is 1. The lowest BCUT2D eigenvalue weighted by atomic mass is 10.1. The van der Waals surface area contributed by atoms with Crippen molar-refractivity contribution in [2.24, 2.45) is 0 Å². The molecule has 5 nitrogen and oxygen atoms in total. The number of nitrogen functional groups attached to an aromatic ring is 1. The maximum atomic E-state index is 11.7. The summed E-state index contributed by atoms with van der Waals surface area (Å²) < 4.78 is 4.94. The SMILES string of the molecule is CCOC(=O)c1nc(N)c(C#N)cc1C1CC1. The molecule has 1 saturated carbocycles. The van der Waals surface area contributed by atoms with Crippen LogP contribution in [0.2, 0.25) is 0 Å². The molecule has 0 aliphatic heterocycles. The van der Waals surface area contributed by atoms with Gasteiger partial charge in [-0.2, -0.15) is 5.26 Å². The van der Waals surface area contributed by atoms with Crippen LogP contribution < -0.4 is 5.73 Å². The summed E-state index contributed by atoms with van der Waals surface area (Å²) in [5.74, 6) is -0.0693. The van der Waals surface area contributed by atoms with Crippen LogP contribution in [0.1, 0.15) is 47.3 Å². The van der Waals surface area contributed by atoms with Gasteiger partial charge in [0.15, 0.2) is 5.69 Å². The zero-order valence-electron chi connectivity index (χ0n) is 9.56. The maximum Gasteiger partial charge on any atom is 0.357 e. The van der Waals surface area contributed by atoms with Crippen LogP contribution in [0, 0.1) is 11.3 Å². The molecular formula is C12H13N3O2. The summed E-state index contributed by atoms with van der Waals surface area (Å²) in [6.07, 6.45) is 2.03. The first-order valence-electron chi connectivity index (χ1n) is 5.55. The van der Waals surface area contributed by atoms with Crippen molar-refractivity contribution in [3.05, 3.63) is 22.9 Å². The van der Waals surface area contributed by atoms with Gasteiger partial charge >= 0.3 is 5.97 Å². The minimum Gasteiger partial charge on any atom is -0.461 e. The van der Waals surface area contributed by atoms with E-state index in [2.05, 4.69) is 4.98 Å². The van der Waals surface area contributed by atoms with Gasteiger partial charge in [-0.25, -0.2) is 9.78 Å². The Bertz CT molecular complexity index is 501. The van der Waals surface area contributed by atoms with Gasteiger partial charge in [-0.05, 0) is 37.3 Å². The van der Waals surface area contributed by atoms with Crippen molar-refractivity contribution in [3.63, 3.8) is 0 Å². The highest BCUT2D eigenvalue weighted by Gasteiger charge is 2.30. The molecule has 1 aromatic rings. The average molecular weight is 231 g/mol. The van der Waals surface area contributed by atoms with E-state index < -0.39 is 5.97 Å². The van der Waals surface area contributed by atoms with E-state index in [1.807, 2.05) is 6.07 Å². The Kier molecular flexibility index (Phi) is 2.96. The van der Waals surface area contributed by atoms with Crippen molar-refractivity contribution >= 4 is 11.8 Å². The van der Waals surface area contributed by atoms with Crippen LogP contribution in [-0.4, -0.2) is 17.6 Å². The first kappa shape index (κ1) is 11.4. The van der Waals surface area contributed by atoms with Crippen molar-refractivity contribution in [1.82, 2.24) is 4.98 Å². The molecule has 0 atom stereocenters. The highest BCUT2D eigenvalue weighted by atomic mass is 16.5. The number of nitrogens with zero attached hydrogens (tertiary/aromatic N) is 2. The van der Waals surface area contributed by atoms with E-state index in [4.69, 9.17) is 15.7 Å². The summed E-state index contributed by atoms with van der Waals surface area (Å²) in [5.41, 5.74) is 6.98. The van der Waals surface area contributed by atoms with Gasteiger partial charge in [0.1, 0.15) is 11.9 Å². The topological polar surface area (TPSA) is 89.0 Å². The van der Waals surface area contributed by atoms with Crippen molar-refractivity contribution in [2.45, 2.75) is 25.7 Å². The monoisotopic (exact) mass is 231 g/mol. The Hall–Kier alpha value is -2.09. The van der Waals surface area contributed by atoms with Gasteiger partial charge in [0.05, 0.1) is 12.2 Å². The summed E-state index contributed by atoms with van der Waals surface area (Å²) >= 11 is 0. The fourth-order valence-corrected chi connectivity index (χ4v) is 1.70. The second-order valence-electron chi connectivity index (χ2n) is 3.97. The van der Waals surface area contributed by atoms with Gasteiger partial charge in [-0.1, -0.05) is 0 Å². The molecule has 88 valence electrons. The van der Waals surface area contributed by atoms with Crippen molar-refractivity contribution in [1.29, 1.82) is 5.26 Å². The third-order valence-corrected chi connectivity index (χ3v) is 2.69. The van der Waals surface area contributed by atoms with Crippen LogP contribution in [0.25, 0.3) is 0 Å². The number of hydrogen-bond donors (Lipinski definition) is 1. The number of rotatable bonds is 3. The molecule has 1 aliphatic carbocycles. The lowest BCUT2D eigenvalue weighted by Crippen LogP contribution is -2.12. The van der Waals surface area contributed by atoms with Gasteiger partial charge in [0.2, 0.25) is 0 Å². The van der Waals surface area contributed by atoms with Crippen LogP contribution in [-0.2, 0) is 4.74 Å².